The molecule has 0 bridgehead atoms. The van der Waals surface area contributed by atoms with Crippen LogP contribution in [0.5, 0.6) is 5.75 Å². The number of carbonyl (C=O) groups is 1. The van der Waals surface area contributed by atoms with Crippen molar-refractivity contribution in [2.45, 2.75) is 25.6 Å². The van der Waals surface area contributed by atoms with Gasteiger partial charge >= 0.3 is 0 Å². The van der Waals surface area contributed by atoms with Gasteiger partial charge in [0.25, 0.3) is 5.91 Å². The van der Waals surface area contributed by atoms with Crippen LogP contribution in [-0.4, -0.2) is 49.6 Å². The molecular formula is C25H27N3O4. The first-order valence-corrected chi connectivity index (χ1v) is 11.0. The monoisotopic (exact) mass is 433 g/mol. The smallest absolute Gasteiger partial charge is 0.262 e. The zero-order valence-corrected chi connectivity index (χ0v) is 18.2. The number of rotatable bonds is 5. The lowest BCUT2D eigenvalue weighted by Gasteiger charge is -2.38. The maximum atomic E-state index is 12.4. The van der Waals surface area contributed by atoms with E-state index in [1.54, 1.807) is 0 Å². The number of piperidine rings is 1. The molecule has 1 spiro atoms. The normalized spacial score (nSPS) is 17.6. The molecule has 2 saturated heterocycles. The van der Waals surface area contributed by atoms with E-state index in [1.165, 1.54) is 0 Å². The third-order valence-electron chi connectivity index (χ3n) is 6.03. The topological polar surface area (TPSA) is 72.9 Å². The van der Waals surface area contributed by atoms with Crippen LogP contribution < -0.4 is 15.0 Å². The van der Waals surface area contributed by atoms with E-state index in [1.807, 2.05) is 61.5 Å². The summed E-state index contributed by atoms with van der Waals surface area (Å²) in [5.74, 6) is 0.872. The molecule has 7 heteroatoms. The fourth-order valence-electron chi connectivity index (χ4n) is 4.24. The lowest BCUT2D eigenvalue weighted by Crippen LogP contribution is -2.45. The van der Waals surface area contributed by atoms with Crippen molar-refractivity contribution in [2.24, 2.45) is 0 Å². The summed E-state index contributed by atoms with van der Waals surface area (Å²) in [5.41, 5.74) is 2.64. The predicted molar refractivity (Wildman–Crippen MR) is 123 cm³/mol. The quantitative estimate of drug-likeness (QED) is 0.658. The summed E-state index contributed by atoms with van der Waals surface area (Å²) >= 11 is 0. The lowest BCUT2D eigenvalue weighted by molar-refractivity contribution is -0.169. The van der Waals surface area contributed by atoms with E-state index in [9.17, 15) is 4.79 Å². The summed E-state index contributed by atoms with van der Waals surface area (Å²) in [5, 5.41) is 3.83. The molecule has 0 radical (unpaired) electrons. The van der Waals surface area contributed by atoms with Crippen LogP contribution in [0.25, 0.3) is 10.9 Å². The van der Waals surface area contributed by atoms with Gasteiger partial charge in [0.1, 0.15) is 17.1 Å². The highest BCUT2D eigenvalue weighted by Crippen LogP contribution is 2.34. The van der Waals surface area contributed by atoms with E-state index in [0.717, 1.165) is 53.9 Å². The Morgan fingerprint density at radius 1 is 1.06 bits per heavy atom. The maximum absolute atomic E-state index is 12.4. The summed E-state index contributed by atoms with van der Waals surface area (Å²) in [4.78, 5) is 19.5. The Hall–Kier alpha value is -3.16. The number of nitrogens with one attached hydrogen (secondary N) is 1. The average molecular weight is 434 g/mol. The number of hydrogen-bond acceptors (Lipinski definition) is 6. The Balaban J connectivity index is 1.27. The van der Waals surface area contributed by atoms with E-state index >= 15 is 0 Å². The van der Waals surface area contributed by atoms with E-state index in [4.69, 9.17) is 19.2 Å². The molecule has 3 heterocycles. The SMILES string of the molecule is Cc1ccc(NC(=O)COc2cccc3ccc(N4CCC5(CC4)OCCO5)nc23)cc1. The molecule has 1 amide bonds. The molecule has 0 aliphatic carbocycles. The summed E-state index contributed by atoms with van der Waals surface area (Å²) < 4.78 is 17.5. The van der Waals surface area contributed by atoms with Crippen molar-refractivity contribution in [3.05, 3.63) is 60.2 Å². The van der Waals surface area contributed by atoms with Crippen LogP contribution in [-0.2, 0) is 14.3 Å². The molecule has 2 aliphatic heterocycles. The van der Waals surface area contributed by atoms with E-state index in [0.29, 0.717) is 19.0 Å². The van der Waals surface area contributed by atoms with Crippen molar-refractivity contribution in [1.82, 2.24) is 4.98 Å². The first-order chi connectivity index (χ1) is 15.6. The van der Waals surface area contributed by atoms with Crippen LogP contribution in [0, 0.1) is 6.92 Å². The van der Waals surface area contributed by atoms with Crippen molar-refractivity contribution in [3.63, 3.8) is 0 Å². The molecule has 1 N–H and O–H groups in total. The van der Waals surface area contributed by atoms with Crippen molar-refractivity contribution < 1.29 is 19.0 Å². The average Bonchev–Trinajstić information content (AvgIpc) is 3.27. The third kappa shape index (κ3) is 4.40. The number of ether oxygens (including phenoxy) is 3. The molecule has 166 valence electrons. The van der Waals surface area contributed by atoms with Gasteiger partial charge in [0.05, 0.1) is 13.2 Å². The standard InChI is InChI=1S/C25H27N3O4/c1-18-5-8-20(9-6-18)26-23(29)17-30-21-4-2-3-19-7-10-22(27-24(19)21)28-13-11-25(12-14-28)31-15-16-32-25/h2-10H,11-17H2,1H3,(H,26,29). The van der Waals surface area contributed by atoms with Crippen molar-refractivity contribution in [1.29, 1.82) is 0 Å². The zero-order valence-electron chi connectivity index (χ0n) is 18.2. The largest absolute Gasteiger partial charge is 0.481 e. The van der Waals surface area contributed by atoms with Crippen LogP contribution in [0.1, 0.15) is 18.4 Å². The van der Waals surface area contributed by atoms with Gasteiger partial charge in [-0.2, -0.15) is 0 Å². The first kappa shape index (κ1) is 20.7. The highest BCUT2D eigenvalue weighted by Gasteiger charge is 2.40. The van der Waals surface area contributed by atoms with Gasteiger partial charge in [0.2, 0.25) is 0 Å². The van der Waals surface area contributed by atoms with Gasteiger partial charge in [0, 0.05) is 37.0 Å². The highest BCUT2D eigenvalue weighted by molar-refractivity contribution is 5.92. The number of aromatic nitrogens is 1. The minimum atomic E-state index is -0.410. The molecular weight excluding hydrogens is 406 g/mol. The zero-order chi connectivity index (χ0) is 22.0. The maximum Gasteiger partial charge on any atom is 0.262 e. The number of pyridine rings is 1. The minimum absolute atomic E-state index is 0.0835. The van der Waals surface area contributed by atoms with E-state index in [2.05, 4.69) is 10.2 Å². The van der Waals surface area contributed by atoms with E-state index < -0.39 is 5.79 Å². The molecule has 1 aromatic heterocycles. The Bertz CT molecular complexity index is 1100. The van der Waals surface area contributed by atoms with Gasteiger partial charge in [-0.1, -0.05) is 29.8 Å². The second-order valence-corrected chi connectivity index (χ2v) is 8.29. The number of hydrogen-bond donors (Lipinski definition) is 1. The first-order valence-electron chi connectivity index (χ1n) is 11.0. The molecule has 5 rings (SSSR count). The van der Waals surface area contributed by atoms with Gasteiger partial charge in [-0.15, -0.1) is 0 Å². The van der Waals surface area contributed by atoms with Gasteiger partial charge in [0.15, 0.2) is 12.4 Å². The number of fused-ring (bicyclic) bond motifs is 1. The number of aryl methyl sites for hydroxylation is 1. The highest BCUT2D eigenvalue weighted by atomic mass is 16.7. The Kier molecular flexibility index (Phi) is 5.68. The molecule has 32 heavy (non-hydrogen) atoms. The second-order valence-electron chi connectivity index (χ2n) is 8.29. The Morgan fingerprint density at radius 2 is 1.81 bits per heavy atom. The van der Waals surface area contributed by atoms with Crippen LogP contribution in [0.4, 0.5) is 11.5 Å². The number of amides is 1. The van der Waals surface area contributed by atoms with Crippen LogP contribution in [0.15, 0.2) is 54.6 Å². The number of nitrogens with zero attached hydrogens (tertiary/aromatic N) is 2. The van der Waals surface area contributed by atoms with E-state index in [-0.39, 0.29) is 12.5 Å². The molecule has 0 unspecified atom stereocenters. The molecule has 7 nitrogen and oxygen atoms in total. The molecule has 2 aliphatic rings. The minimum Gasteiger partial charge on any atom is -0.481 e. The summed E-state index contributed by atoms with van der Waals surface area (Å²) in [6, 6.07) is 17.5. The number of anilines is 2. The predicted octanol–water partition coefficient (Wildman–Crippen LogP) is 3.90. The lowest BCUT2D eigenvalue weighted by atomic mass is 10.0. The molecule has 2 aromatic carbocycles. The van der Waals surface area contributed by atoms with Crippen molar-refractivity contribution >= 4 is 28.3 Å². The molecule has 2 fully saturated rings. The second kappa shape index (κ2) is 8.76. The molecule has 3 aromatic rings. The van der Waals surface area contributed by atoms with Crippen LogP contribution in [0.2, 0.25) is 0 Å². The summed E-state index contributed by atoms with van der Waals surface area (Å²) in [6.45, 7) is 4.91. The third-order valence-corrected chi connectivity index (χ3v) is 6.03. The van der Waals surface area contributed by atoms with Gasteiger partial charge in [-0.25, -0.2) is 4.98 Å². The number of para-hydroxylation sites is 1. The molecule has 0 atom stereocenters. The van der Waals surface area contributed by atoms with Gasteiger partial charge in [-0.3, -0.25) is 4.79 Å². The van der Waals surface area contributed by atoms with Crippen molar-refractivity contribution in [3.8, 4) is 5.75 Å². The van der Waals surface area contributed by atoms with Crippen molar-refractivity contribution in [2.75, 3.05) is 43.1 Å². The van der Waals surface area contributed by atoms with Gasteiger partial charge in [-0.05, 0) is 37.3 Å². The summed E-state index contributed by atoms with van der Waals surface area (Å²) in [6.07, 6.45) is 1.65. The Labute approximate surface area is 187 Å². The number of carbonyl (C=O) groups excluding carboxylic acids is 1. The number of benzene rings is 2. The van der Waals surface area contributed by atoms with Gasteiger partial charge < -0.3 is 24.4 Å². The Morgan fingerprint density at radius 3 is 2.56 bits per heavy atom. The van der Waals surface area contributed by atoms with Crippen LogP contribution >= 0.6 is 0 Å². The fourth-order valence-corrected chi connectivity index (χ4v) is 4.24. The fraction of sp³-hybridized carbons (Fsp3) is 0.360. The van der Waals surface area contributed by atoms with Crippen LogP contribution in [0.3, 0.4) is 0 Å². The summed E-state index contributed by atoms with van der Waals surface area (Å²) in [7, 11) is 0. The molecule has 0 saturated carbocycles.